The normalized spacial score (nSPS) is 12.3. The lowest BCUT2D eigenvalue weighted by molar-refractivity contribution is 1.20. The first-order valence-corrected chi connectivity index (χ1v) is 27.4. The molecule has 12 aromatic rings. The highest BCUT2D eigenvalue weighted by Gasteiger charge is 2.21. The Morgan fingerprint density at radius 2 is 0.681 bits per heavy atom. The smallest absolute Gasteiger partial charge is 0.178 e. The van der Waals surface area contributed by atoms with Gasteiger partial charge in [-0.15, -0.1) is 0 Å². The van der Waals surface area contributed by atoms with E-state index in [2.05, 4.69) is 135 Å². The van der Waals surface area contributed by atoms with Crippen molar-refractivity contribution in [2.24, 2.45) is 0 Å². The summed E-state index contributed by atoms with van der Waals surface area (Å²) in [6.07, 6.45) is 10.9. The topological polar surface area (TPSA) is 129 Å². The fourth-order valence-corrected chi connectivity index (χ4v) is 16.4. The lowest BCUT2D eigenvalue weighted by atomic mass is 9.92. The molecule has 0 fully saturated rings. The predicted molar refractivity (Wildman–Crippen MR) is 304 cm³/mol. The average molecular weight is 1150 g/mol. The molecule has 0 amide bonds. The molecule has 0 saturated carbocycles. The SMILES string of the molecule is c1ccc(C2=Ic3ncccc3I=C2c2ccc(-c3cc(-c4ccc(-c5nc6cccnc6nc5-c5ccccn5)cc4)cc(-c4ccc(-c5nc6cccnc6nc5-c5ccccn5)cc4)c3)cc2)nc1. The standard InChI is InChI=1S/C60H36I2N10/c1-4-28-63-47(11-1)53-52(61-46-10-7-31-66-58(46)62-53)40-22-16-37(17-23-40)43-34-44(38-18-24-41(25-19-38)54-56(48-12-2-5-29-64-48)71-59-50(69-54)14-8-32-67-59)36-45(35-43)39-20-26-42(27-21-39)55-57(49-13-3-6-30-65-49)72-60-51(70-55)15-9-33-68-60/h1-36H. The summed E-state index contributed by atoms with van der Waals surface area (Å²) in [5.41, 5.74) is 17.7. The maximum Gasteiger partial charge on any atom is 0.178 e. The van der Waals surface area contributed by atoms with Gasteiger partial charge in [0.1, 0.15) is 26.1 Å². The maximum atomic E-state index is 5.09. The van der Waals surface area contributed by atoms with Crippen LogP contribution in [0.25, 0.3) is 101 Å². The van der Waals surface area contributed by atoms with Crippen LogP contribution in [-0.2, 0) is 0 Å². The van der Waals surface area contributed by atoms with Crippen molar-refractivity contribution in [3.63, 3.8) is 0 Å². The molecule has 0 atom stereocenters. The molecular formula is C60H36I2N10. The van der Waals surface area contributed by atoms with E-state index in [1.165, 1.54) is 19.9 Å². The quantitative estimate of drug-likeness (QED) is 0.102. The van der Waals surface area contributed by atoms with Crippen molar-refractivity contribution in [3.8, 4) is 78.7 Å². The first-order valence-electron chi connectivity index (χ1n) is 23.1. The minimum atomic E-state index is -0.503. The maximum absolute atomic E-state index is 5.09. The average Bonchev–Trinajstić information content (AvgIpc) is 3.47. The van der Waals surface area contributed by atoms with Crippen molar-refractivity contribution in [1.82, 2.24) is 49.8 Å². The fraction of sp³-hybridized carbons (Fsp3) is 0. The second-order valence-electron chi connectivity index (χ2n) is 16.8. The fourth-order valence-electron chi connectivity index (χ4n) is 8.75. The van der Waals surface area contributed by atoms with Gasteiger partial charge >= 0.3 is 0 Å². The van der Waals surface area contributed by atoms with Crippen LogP contribution in [0.3, 0.4) is 0 Å². The largest absolute Gasteiger partial charge is 0.256 e. The molecule has 340 valence electrons. The number of hydrogen-bond acceptors (Lipinski definition) is 10. The van der Waals surface area contributed by atoms with Crippen molar-refractivity contribution in [2.75, 3.05) is 0 Å². The first-order chi connectivity index (χ1) is 35.6. The second-order valence-corrected chi connectivity index (χ2v) is 22.2. The molecule has 0 spiro atoms. The van der Waals surface area contributed by atoms with Gasteiger partial charge in [0.15, 0.2) is 11.3 Å². The van der Waals surface area contributed by atoms with Gasteiger partial charge in [-0.25, -0.2) is 34.9 Å². The Kier molecular flexibility index (Phi) is 11.6. The second kappa shape index (κ2) is 19.1. The van der Waals surface area contributed by atoms with Crippen molar-refractivity contribution in [1.29, 1.82) is 0 Å². The minimum Gasteiger partial charge on any atom is -0.256 e. The molecular weight excluding hydrogens is 1110 g/mol. The highest BCUT2D eigenvalue weighted by molar-refractivity contribution is 14.2. The van der Waals surface area contributed by atoms with Crippen LogP contribution in [0.2, 0.25) is 0 Å². The third-order valence-electron chi connectivity index (χ3n) is 12.3. The number of benzene rings is 4. The van der Waals surface area contributed by atoms with Crippen LogP contribution < -0.4 is 0 Å². The molecule has 0 saturated heterocycles. The van der Waals surface area contributed by atoms with E-state index in [9.17, 15) is 0 Å². The first kappa shape index (κ1) is 43.7. The zero-order valence-electron chi connectivity index (χ0n) is 38.0. The molecule has 9 heterocycles. The molecule has 1 aliphatic rings. The Morgan fingerprint density at radius 1 is 0.264 bits per heavy atom. The highest BCUT2D eigenvalue weighted by atomic mass is 127. The van der Waals surface area contributed by atoms with Crippen LogP contribution in [0.1, 0.15) is 11.3 Å². The molecule has 72 heavy (non-hydrogen) atoms. The molecule has 0 unspecified atom stereocenters. The number of aromatic nitrogens is 10. The highest BCUT2D eigenvalue weighted by Crippen LogP contribution is 2.39. The molecule has 0 radical (unpaired) electrons. The number of nitrogens with zero attached hydrogens (tertiary/aromatic N) is 10. The van der Waals surface area contributed by atoms with Gasteiger partial charge in [0.25, 0.3) is 0 Å². The summed E-state index contributed by atoms with van der Waals surface area (Å²) < 4.78 is 5.48. The van der Waals surface area contributed by atoms with Crippen LogP contribution in [-0.4, -0.2) is 56.9 Å². The Morgan fingerprint density at radius 3 is 1.15 bits per heavy atom. The Balaban J connectivity index is 0.910. The van der Waals surface area contributed by atoms with Gasteiger partial charge in [0, 0.05) is 58.9 Å². The van der Waals surface area contributed by atoms with E-state index < -0.39 is 41.5 Å². The molecule has 4 aromatic carbocycles. The van der Waals surface area contributed by atoms with Crippen molar-refractivity contribution in [3.05, 3.63) is 238 Å². The molecule has 13 rings (SSSR count). The Bertz CT molecular complexity index is 3880. The van der Waals surface area contributed by atoms with Gasteiger partial charge in [-0.05, 0) is 130 Å². The van der Waals surface area contributed by atoms with Gasteiger partial charge < -0.3 is 0 Å². The van der Waals surface area contributed by atoms with Crippen molar-refractivity contribution >= 4 is 70.8 Å². The summed E-state index contributed by atoms with van der Waals surface area (Å²) in [4.78, 5) is 48.1. The van der Waals surface area contributed by atoms with E-state index in [-0.39, 0.29) is 0 Å². The molecule has 12 heteroatoms. The molecule has 0 aliphatic carbocycles. The van der Waals surface area contributed by atoms with Gasteiger partial charge in [0.05, 0.1) is 28.5 Å². The van der Waals surface area contributed by atoms with Gasteiger partial charge in [-0.1, -0.05) is 132 Å². The summed E-state index contributed by atoms with van der Waals surface area (Å²) in [6.45, 7) is 0. The van der Waals surface area contributed by atoms with Crippen LogP contribution in [0.5, 0.6) is 0 Å². The number of hydrogen-bond donors (Lipinski definition) is 0. The summed E-state index contributed by atoms with van der Waals surface area (Å²) >= 11 is -0.971. The van der Waals surface area contributed by atoms with Gasteiger partial charge in [-0.3, -0.25) is 15.0 Å². The van der Waals surface area contributed by atoms with Gasteiger partial charge in [0.2, 0.25) is 0 Å². The summed E-state index contributed by atoms with van der Waals surface area (Å²) in [5, 5.41) is 0. The van der Waals surface area contributed by atoms with E-state index >= 15 is 0 Å². The third-order valence-corrected chi connectivity index (χ3v) is 20.5. The molecule has 0 bridgehead atoms. The zero-order valence-corrected chi connectivity index (χ0v) is 42.3. The van der Waals surface area contributed by atoms with E-state index in [1.807, 2.05) is 79.1 Å². The van der Waals surface area contributed by atoms with E-state index in [0.717, 1.165) is 84.0 Å². The lowest BCUT2D eigenvalue weighted by Crippen LogP contribution is -2.17. The Hall–Kier alpha value is -8.34. The molecule has 0 N–H and O–H groups in total. The lowest BCUT2D eigenvalue weighted by Gasteiger charge is -2.17. The minimum absolute atomic E-state index is 0.468. The molecule has 10 nitrogen and oxygen atoms in total. The number of rotatable bonds is 9. The Labute approximate surface area is 433 Å². The van der Waals surface area contributed by atoms with Gasteiger partial charge in [-0.2, -0.15) is 0 Å². The number of halogens is 2. The summed E-state index contributed by atoms with van der Waals surface area (Å²) in [5.74, 6) is 0. The monoisotopic (exact) mass is 1150 g/mol. The summed E-state index contributed by atoms with van der Waals surface area (Å²) in [7, 11) is 0. The van der Waals surface area contributed by atoms with Crippen LogP contribution in [0.4, 0.5) is 0 Å². The zero-order chi connectivity index (χ0) is 47.8. The van der Waals surface area contributed by atoms with Crippen LogP contribution in [0, 0.1) is 7.27 Å². The number of fused-ring (bicyclic) bond motifs is 3. The third kappa shape index (κ3) is 8.58. The van der Waals surface area contributed by atoms with Crippen LogP contribution >= 0.6 is 41.5 Å². The van der Waals surface area contributed by atoms with E-state index in [4.69, 9.17) is 29.9 Å². The molecule has 1 aliphatic heterocycles. The van der Waals surface area contributed by atoms with E-state index in [1.54, 1.807) is 24.8 Å². The predicted octanol–water partition coefficient (Wildman–Crippen LogP) is 13.3. The summed E-state index contributed by atoms with van der Waals surface area (Å²) in [6, 6.07) is 63.0. The number of pyridine rings is 6. The molecule has 8 aromatic heterocycles. The van der Waals surface area contributed by atoms with Crippen molar-refractivity contribution < 1.29 is 0 Å². The van der Waals surface area contributed by atoms with E-state index in [0.29, 0.717) is 22.7 Å². The van der Waals surface area contributed by atoms with Crippen LogP contribution in [0.15, 0.2) is 219 Å². The van der Waals surface area contributed by atoms with Crippen molar-refractivity contribution in [2.45, 2.75) is 0 Å².